The molecule has 4 atom stereocenters. The van der Waals surface area contributed by atoms with Gasteiger partial charge in [0, 0.05) is 30.9 Å². The summed E-state index contributed by atoms with van der Waals surface area (Å²) >= 11 is 0. The number of para-hydroxylation sites is 1. The van der Waals surface area contributed by atoms with Crippen molar-refractivity contribution in [3.05, 3.63) is 169 Å². The van der Waals surface area contributed by atoms with Crippen molar-refractivity contribution in [2.45, 2.75) is 36.4 Å². The Kier molecular flexibility index (Phi) is 7.23. The molecular weight excluding hydrogens is 563 g/mol. The molecule has 0 amide bonds. The molecule has 4 aromatic carbocycles. The molecule has 3 nitrogen and oxygen atoms in total. The molecule has 8 rings (SSSR count). The Morgan fingerprint density at radius 2 is 1.36 bits per heavy atom. The normalized spacial score (nSPS) is 23.8. The molecule has 0 spiro atoms. The van der Waals surface area contributed by atoms with E-state index in [1.54, 1.807) is 0 Å². The predicted octanol–water partition coefficient (Wildman–Crippen LogP) is 6.57. The van der Waals surface area contributed by atoms with Gasteiger partial charge in [-0.2, -0.15) is 0 Å². The second-order valence-corrected chi connectivity index (χ2v) is 16.9. The van der Waals surface area contributed by atoms with Crippen LogP contribution in [-0.2, 0) is 0 Å². The molecule has 45 heavy (non-hydrogen) atoms. The molecule has 222 valence electrons. The van der Waals surface area contributed by atoms with Crippen LogP contribution in [0, 0.1) is 0 Å². The molecular formula is C41H39N3Si. The Labute approximate surface area is 268 Å². The van der Waals surface area contributed by atoms with Gasteiger partial charge in [0.1, 0.15) is 6.04 Å². The lowest BCUT2D eigenvalue weighted by molar-refractivity contribution is 0.410. The molecule has 0 saturated heterocycles. The van der Waals surface area contributed by atoms with Crippen molar-refractivity contribution in [3.63, 3.8) is 0 Å². The molecule has 4 unspecified atom stereocenters. The summed E-state index contributed by atoms with van der Waals surface area (Å²) < 4.78 is 0. The fourth-order valence-electron chi connectivity index (χ4n) is 8.25. The van der Waals surface area contributed by atoms with Gasteiger partial charge in [0.15, 0.2) is 8.07 Å². The number of fused-ring (bicyclic) bond motifs is 2. The predicted molar refractivity (Wildman–Crippen MR) is 192 cm³/mol. The van der Waals surface area contributed by atoms with Gasteiger partial charge in [-0.25, -0.2) is 0 Å². The van der Waals surface area contributed by atoms with Crippen LogP contribution >= 0.6 is 0 Å². The van der Waals surface area contributed by atoms with E-state index < -0.39 is 8.07 Å². The maximum Gasteiger partial charge on any atom is 0.155 e. The topological polar surface area (TPSA) is 18.8 Å². The van der Waals surface area contributed by atoms with Crippen molar-refractivity contribution in [1.29, 1.82) is 0 Å². The van der Waals surface area contributed by atoms with Gasteiger partial charge in [-0.1, -0.05) is 140 Å². The highest BCUT2D eigenvalue weighted by Crippen LogP contribution is 2.46. The Morgan fingerprint density at radius 3 is 2.00 bits per heavy atom. The lowest BCUT2D eigenvalue weighted by Gasteiger charge is -2.42. The number of aliphatic imine (C=N–C) groups is 1. The van der Waals surface area contributed by atoms with Crippen LogP contribution < -0.4 is 20.5 Å². The number of allylic oxidation sites excluding steroid dienone is 6. The highest BCUT2D eigenvalue weighted by molar-refractivity contribution is 7.12. The average molecular weight is 602 g/mol. The number of benzene rings is 4. The van der Waals surface area contributed by atoms with Crippen molar-refractivity contribution in [1.82, 2.24) is 4.90 Å². The van der Waals surface area contributed by atoms with E-state index in [1.807, 2.05) is 6.34 Å². The minimum atomic E-state index is -2.58. The summed E-state index contributed by atoms with van der Waals surface area (Å²) in [5, 5.41) is 4.39. The fourth-order valence-corrected chi connectivity index (χ4v) is 13.6. The van der Waals surface area contributed by atoms with Crippen molar-refractivity contribution in [2.24, 2.45) is 4.99 Å². The molecule has 4 aromatic rings. The van der Waals surface area contributed by atoms with E-state index in [0.717, 1.165) is 19.4 Å². The number of anilines is 1. The number of hydrogen-bond donors (Lipinski definition) is 0. The van der Waals surface area contributed by atoms with Gasteiger partial charge in [0.25, 0.3) is 0 Å². The molecule has 2 aliphatic heterocycles. The summed E-state index contributed by atoms with van der Waals surface area (Å²) in [7, 11) is -0.433. The molecule has 4 aliphatic rings. The summed E-state index contributed by atoms with van der Waals surface area (Å²) in [6.07, 6.45) is 18.1. The third-order valence-corrected chi connectivity index (χ3v) is 15.5. The zero-order chi connectivity index (χ0) is 30.2. The zero-order valence-corrected chi connectivity index (χ0v) is 26.8. The third-order valence-electron chi connectivity index (χ3n) is 10.3. The Morgan fingerprint density at radius 1 is 0.711 bits per heavy atom. The molecule has 2 heterocycles. The van der Waals surface area contributed by atoms with Gasteiger partial charge in [-0.05, 0) is 57.2 Å². The lowest BCUT2D eigenvalue weighted by atomic mass is 9.93. The summed E-state index contributed by atoms with van der Waals surface area (Å²) in [6.45, 7) is 0.959. The molecule has 0 aromatic heterocycles. The maximum atomic E-state index is 5.10. The van der Waals surface area contributed by atoms with Crippen LogP contribution in [0.4, 0.5) is 5.69 Å². The van der Waals surface area contributed by atoms with E-state index in [4.69, 9.17) is 4.99 Å². The van der Waals surface area contributed by atoms with E-state index in [2.05, 4.69) is 169 Å². The second kappa shape index (κ2) is 11.7. The average Bonchev–Trinajstić information content (AvgIpc) is 3.43. The Bertz CT molecular complexity index is 1770. The van der Waals surface area contributed by atoms with E-state index in [1.165, 1.54) is 38.1 Å². The molecule has 2 aliphatic carbocycles. The minimum absolute atomic E-state index is 0.162. The molecule has 4 heteroatoms. The summed E-state index contributed by atoms with van der Waals surface area (Å²) in [5.41, 5.74) is 5.82. The standard InChI is InChI=1S/C41H39N3Si/c1-43-29-40-41(42-30-43)38-27-26-37(28-39(38)44(40)33-16-8-3-9-17-33)45(34-18-10-4-11-19-34,35-20-12-5-13-21-35)36-24-22-32(23-25-36)31-14-6-2-7-15-31/h2-14,16-27,30-31,37,40-41H,15,28-29H2,1H3. The quantitative estimate of drug-likeness (QED) is 0.184. The molecule has 0 bridgehead atoms. The van der Waals surface area contributed by atoms with Crippen molar-refractivity contribution in [2.75, 3.05) is 18.5 Å². The summed E-state index contributed by atoms with van der Waals surface area (Å²) in [5.74, 6) is 0.441. The molecule has 0 fully saturated rings. The first-order valence-corrected chi connectivity index (χ1v) is 18.3. The van der Waals surface area contributed by atoms with Crippen LogP contribution in [0.15, 0.2) is 168 Å². The highest BCUT2D eigenvalue weighted by atomic mass is 28.3. The number of rotatable bonds is 6. The van der Waals surface area contributed by atoms with E-state index in [-0.39, 0.29) is 12.1 Å². The van der Waals surface area contributed by atoms with E-state index in [9.17, 15) is 0 Å². The highest BCUT2D eigenvalue weighted by Gasteiger charge is 2.50. The van der Waals surface area contributed by atoms with Crippen LogP contribution in [0.1, 0.15) is 24.3 Å². The lowest BCUT2D eigenvalue weighted by Crippen LogP contribution is -2.69. The van der Waals surface area contributed by atoms with Crippen LogP contribution in [0.3, 0.4) is 0 Å². The van der Waals surface area contributed by atoms with Crippen LogP contribution in [0.2, 0.25) is 5.54 Å². The van der Waals surface area contributed by atoms with Crippen LogP contribution in [0.25, 0.3) is 0 Å². The van der Waals surface area contributed by atoms with Gasteiger partial charge < -0.3 is 9.80 Å². The minimum Gasteiger partial charge on any atom is -0.364 e. The van der Waals surface area contributed by atoms with E-state index in [0.29, 0.717) is 11.5 Å². The molecule has 0 saturated carbocycles. The SMILES string of the molecule is CN1C=NC2C3=C(CC([Si](c4ccccc4)(c4ccccc4)c4ccc(C5C=CC=CC5)cc4)C=C3)N(c3ccccc3)C2C1. The van der Waals surface area contributed by atoms with Crippen LogP contribution in [-0.4, -0.2) is 45.0 Å². The second-order valence-electron chi connectivity index (χ2n) is 12.8. The summed E-state index contributed by atoms with van der Waals surface area (Å²) in [6, 6.07) is 44.0. The summed E-state index contributed by atoms with van der Waals surface area (Å²) in [4.78, 5) is 9.97. The van der Waals surface area contributed by atoms with Crippen molar-refractivity contribution >= 4 is 35.7 Å². The van der Waals surface area contributed by atoms with Crippen molar-refractivity contribution < 1.29 is 0 Å². The first kappa shape index (κ1) is 27.8. The van der Waals surface area contributed by atoms with Gasteiger partial charge in [-0.3, -0.25) is 4.99 Å². The monoisotopic (exact) mass is 601 g/mol. The number of likely N-dealkylation sites (N-methyl/N-ethyl adjacent to an activating group) is 1. The molecule has 0 N–H and O–H groups in total. The van der Waals surface area contributed by atoms with Gasteiger partial charge in [-0.15, -0.1) is 0 Å². The Balaban J connectivity index is 1.29. The van der Waals surface area contributed by atoms with Crippen molar-refractivity contribution in [3.8, 4) is 0 Å². The van der Waals surface area contributed by atoms with Gasteiger partial charge >= 0.3 is 0 Å². The van der Waals surface area contributed by atoms with Gasteiger partial charge in [0.05, 0.1) is 12.4 Å². The smallest absolute Gasteiger partial charge is 0.155 e. The first-order chi connectivity index (χ1) is 22.2. The first-order valence-electron chi connectivity index (χ1n) is 16.3. The largest absolute Gasteiger partial charge is 0.364 e. The van der Waals surface area contributed by atoms with E-state index >= 15 is 0 Å². The third kappa shape index (κ3) is 4.76. The van der Waals surface area contributed by atoms with Crippen LogP contribution in [0.5, 0.6) is 0 Å². The number of hydrogen-bond acceptors (Lipinski definition) is 3. The maximum absolute atomic E-state index is 5.10. The Hall–Kier alpha value is -4.67. The van der Waals surface area contributed by atoms with Gasteiger partial charge in [0.2, 0.25) is 0 Å². The molecule has 0 radical (unpaired) electrons. The zero-order valence-electron chi connectivity index (χ0n) is 25.8. The fraction of sp³-hybridized carbons (Fsp3) is 0.195. The number of nitrogens with zero attached hydrogens (tertiary/aromatic N) is 3.